The Morgan fingerprint density at radius 3 is 2.66 bits per heavy atom. The van der Waals surface area contributed by atoms with Gasteiger partial charge in [-0.25, -0.2) is 9.97 Å². The summed E-state index contributed by atoms with van der Waals surface area (Å²) in [6.45, 7) is 0.857. The molecule has 0 fully saturated rings. The molecule has 0 amide bonds. The molecule has 1 N–H and O–H groups in total. The topological polar surface area (TPSA) is 108 Å². The number of thiophene rings is 2. The van der Waals surface area contributed by atoms with Crippen LogP contribution in [0.5, 0.6) is 0 Å². The zero-order chi connectivity index (χ0) is 28.2. The van der Waals surface area contributed by atoms with Crippen molar-refractivity contribution in [1.29, 1.82) is 0 Å². The van der Waals surface area contributed by atoms with Crippen molar-refractivity contribution in [3.05, 3.63) is 121 Å². The van der Waals surface area contributed by atoms with Crippen molar-refractivity contribution < 1.29 is 4.79 Å². The van der Waals surface area contributed by atoms with Gasteiger partial charge in [-0.15, -0.1) is 11.3 Å². The summed E-state index contributed by atoms with van der Waals surface area (Å²) < 4.78 is 3.67. The molecule has 0 atom stereocenters. The van der Waals surface area contributed by atoms with Gasteiger partial charge in [0.1, 0.15) is 11.6 Å². The number of aryl methyl sites for hydroxylation is 2. The highest BCUT2D eigenvalue weighted by molar-refractivity contribution is 7.16. The lowest BCUT2D eigenvalue weighted by atomic mass is 10.0. The van der Waals surface area contributed by atoms with Crippen LogP contribution in [0.3, 0.4) is 0 Å². The predicted molar refractivity (Wildman–Crippen MR) is 162 cm³/mol. The molecule has 0 aliphatic rings. The molecule has 0 saturated carbocycles. The van der Waals surface area contributed by atoms with Crippen molar-refractivity contribution in [2.45, 2.75) is 19.5 Å². The first-order valence-electron chi connectivity index (χ1n) is 12.6. The van der Waals surface area contributed by atoms with E-state index in [0.717, 1.165) is 4.88 Å². The van der Waals surface area contributed by atoms with Gasteiger partial charge in [0.2, 0.25) is 0 Å². The fourth-order valence-electron chi connectivity index (χ4n) is 4.36. The second-order valence-electron chi connectivity index (χ2n) is 8.96. The van der Waals surface area contributed by atoms with Crippen LogP contribution in [0.1, 0.15) is 21.1 Å². The fourth-order valence-corrected chi connectivity index (χ4v) is 6.02. The van der Waals surface area contributed by atoms with E-state index in [1.807, 2.05) is 29.6 Å². The minimum atomic E-state index is -0.275. The number of anilines is 1. The molecule has 6 aromatic heterocycles. The first-order chi connectivity index (χ1) is 20.1. The molecule has 0 bridgehead atoms. The molecule has 6 rings (SSSR count). The molecule has 0 aliphatic carbocycles. The number of carbonyl (C=O) groups excluding carboxylic acids is 1. The van der Waals surface area contributed by atoms with E-state index in [9.17, 15) is 9.59 Å². The van der Waals surface area contributed by atoms with Gasteiger partial charge in [-0.1, -0.05) is 17.7 Å². The quantitative estimate of drug-likeness (QED) is 0.221. The lowest BCUT2D eigenvalue weighted by Crippen LogP contribution is -2.23. The Hall–Kier alpha value is -4.45. The normalized spacial score (nSPS) is 11.0. The Kier molecular flexibility index (Phi) is 7.81. The summed E-state index contributed by atoms with van der Waals surface area (Å²) in [6.07, 6.45) is 8.91. The SMILES string of the molecule is O=C(c1ccsc1)n1nc(-c2ccn(CCc3ncccn3)c(=O)c2-c2cccnc2)cc1NCc1ccc(Cl)s1. The summed E-state index contributed by atoms with van der Waals surface area (Å²) in [5.74, 6) is 0.881. The first kappa shape index (κ1) is 26.8. The summed E-state index contributed by atoms with van der Waals surface area (Å²) in [5.41, 5.74) is 2.49. The molecular formula is C29H22ClN7O2S2. The third-order valence-electron chi connectivity index (χ3n) is 6.33. The molecule has 0 unspecified atom stereocenters. The van der Waals surface area contributed by atoms with Gasteiger partial charge in [0, 0.05) is 71.4 Å². The average molecular weight is 600 g/mol. The second kappa shape index (κ2) is 12.0. The van der Waals surface area contributed by atoms with Gasteiger partial charge < -0.3 is 9.88 Å². The van der Waals surface area contributed by atoms with Crippen molar-refractivity contribution in [1.82, 2.24) is 29.3 Å². The monoisotopic (exact) mass is 599 g/mol. The van der Waals surface area contributed by atoms with Gasteiger partial charge in [0.05, 0.1) is 27.7 Å². The van der Waals surface area contributed by atoms with Crippen LogP contribution in [0.15, 0.2) is 95.1 Å². The van der Waals surface area contributed by atoms with Crippen molar-refractivity contribution >= 4 is 46.0 Å². The number of pyridine rings is 2. The van der Waals surface area contributed by atoms with Crippen molar-refractivity contribution in [3.63, 3.8) is 0 Å². The van der Waals surface area contributed by atoms with E-state index in [4.69, 9.17) is 16.7 Å². The van der Waals surface area contributed by atoms with Crippen LogP contribution in [0.2, 0.25) is 4.34 Å². The fraction of sp³-hybridized carbons (Fsp3) is 0.103. The molecule has 0 spiro atoms. The lowest BCUT2D eigenvalue weighted by molar-refractivity contribution is 0.0948. The summed E-state index contributed by atoms with van der Waals surface area (Å²) in [7, 11) is 0. The zero-order valence-corrected chi connectivity index (χ0v) is 23.9. The number of carbonyl (C=O) groups is 1. The molecule has 41 heavy (non-hydrogen) atoms. The zero-order valence-electron chi connectivity index (χ0n) is 21.5. The summed E-state index contributed by atoms with van der Waals surface area (Å²) in [6, 6.07) is 14.5. The van der Waals surface area contributed by atoms with E-state index >= 15 is 0 Å². The van der Waals surface area contributed by atoms with Gasteiger partial charge in [-0.05, 0) is 41.8 Å². The van der Waals surface area contributed by atoms with E-state index in [1.165, 1.54) is 27.4 Å². The number of nitrogens with zero attached hydrogens (tertiary/aromatic N) is 6. The first-order valence-corrected chi connectivity index (χ1v) is 14.8. The number of nitrogens with one attached hydrogen (secondary N) is 1. The van der Waals surface area contributed by atoms with Gasteiger partial charge >= 0.3 is 0 Å². The van der Waals surface area contributed by atoms with Crippen LogP contribution in [-0.4, -0.2) is 35.2 Å². The van der Waals surface area contributed by atoms with Crippen molar-refractivity contribution in [3.8, 4) is 22.4 Å². The van der Waals surface area contributed by atoms with Crippen molar-refractivity contribution in [2.24, 2.45) is 0 Å². The van der Waals surface area contributed by atoms with Crippen LogP contribution >= 0.6 is 34.3 Å². The number of hydrogen-bond donors (Lipinski definition) is 1. The van der Waals surface area contributed by atoms with Gasteiger partial charge in [0.25, 0.3) is 11.5 Å². The summed E-state index contributed by atoms with van der Waals surface area (Å²) in [4.78, 5) is 41.1. The minimum absolute atomic E-state index is 0.201. The number of rotatable bonds is 9. The molecule has 0 aromatic carbocycles. The summed E-state index contributed by atoms with van der Waals surface area (Å²) in [5, 5.41) is 11.7. The number of hydrogen-bond acceptors (Lipinski definition) is 9. The Bertz CT molecular complexity index is 1850. The Labute approximate surface area is 247 Å². The minimum Gasteiger partial charge on any atom is -0.365 e. The van der Waals surface area contributed by atoms with E-state index in [0.29, 0.717) is 63.4 Å². The molecule has 6 heterocycles. The highest BCUT2D eigenvalue weighted by Crippen LogP contribution is 2.31. The van der Waals surface area contributed by atoms with Crippen LogP contribution in [0.25, 0.3) is 22.4 Å². The average Bonchev–Trinajstić information content (AvgIpc) is 3.78. The predicted octanol–water partition coefficient (Wildman–Crippen LogP) is 5.88. The molecule has 9 nitrogen and oxygen atoms in total. The maximum absolute atomic E-state index is 13.9. The van der Waals surface area contributed by atoms with Crippen LogP contribution in [-0.2, 0) is 19.5 Å². The molecular weight excluding hydrogens is 578 g/mol. The molecule has 0 radical (unpaired) electrons. The highest BCUT2D eigenvalue weighted by atomic mass is 35.5. The molecule has 12 heteroatoms. The Morgan fingerprint density at radius 2 is 1.93 bits per heavy atom. The van der Waals surface area contributed by atoms with E-state index in [1.54, 1.807) is 65.2 Å². The number of halogens is 1. The molecule has 204 valence electrons. The smallest absolute Gasteiger partial charge is 0.280 e. The Balaban J connectivity index is 1.42. The van der Waals surface area contributed by atoms with Gasteiger partial charge in [-0.2, -0.15) is 21.1 Å². The van der Waals surface area contributed by atoms with Gasteiger partial charge in [0.15, 0.2) is 0 Å². The lowest BCUT2D eigenvalue weighted by Gasteiger charge is -2.12. The van der Waals surface area contributed by atoms with Crippen LogP contribution in [0, 0.1) is 0 Å². The highest BCUT2D eigenvalue weighted by Gasteiger charge is 2.22. The molecule has 0 saturated heterocycles. The maximum Gasteiger partial charge on any atom is 0.280 e. The van der Waals surface area contributed by atoms with E-state index in [-0.39, 0.29) is 11.5 Å². The largest absolute Gasteiger partial charge is 0.365 e. The Morgan fingerprint density at radius 1 is 1.05 bits per heavy atom. The third-order valence-corrected chi connectivity index (χ3v) is 8.24. The van der Waals surface area contributed by atoms with E-state index in [2.05, 4.69) is 20.3 Å². The maximum atomic E-state index is 13.9. The number of aromatic nitrogens is 6. The van der Waals surface area contributed by atoms with Crippen LogP contribution < -0.4 is 10.9 Å². The molecule has 6 aromatic rings. The van der Waals surface area contributed by atoms with Gasteiger partial charge in [-0.3, -0.25) is 14.6 Å². The molecule has 0 aliphatic heterocycles. The third kappa shape index (κ3) is 5.87. The standard InChI is InChI=1S/C29H22ClN7O2S2/c30-24-5-4-21(41-24)17-34-26-15-23(35-37(26)28(38)20-8-14-40-18-20)22-6-12-36(13-7-25-32-10-2-11-33-25)29(39)27(22)19-3-1-9-31-16-19/h1-6,8-12,14-16,18,34H,7,13,17H2. The summed E-state index contributed by atoms with van der Waals surface area (Å²) >= 11 is 9.01. The van der Waals surface area contributed by atoms with Crippen LogP contribution in [0.4, 0.5) is 5.82 Å². The van der Waals surface area contributed by atoms with E-state index < -0.39 is 0 Å². The van der Waals surface area contributed by atoms with Crippen molar-refractivity contribution in [2.75, 3.05) is 5.32 Å². The second-order valence-corrected chi connectivity index (χ2v) is 11.5.